The molecule has 5 heteroatoms. The molecule has 0 saturated heterocycles. The largest absolute Gasteiger partial charge is 0.481 e. The van der Waals surface area contributed by atoms with E-state index >= 15 is 0 Å². The van der Waals surface area contributed by atoms with Gasteiger partial charge in [-0.1, -0.05) is 24.3 Å². The lowest BCUT2D eigenvalue weighted by atomic mass is 10.1. The number of aromatic nitrogens is 1. The third kappa shape index (κ3) is 4.35. The van der Waals surface area contributed by atoms with E-state index in [4.69, 9.17) is 14.6 Å². The van der Waals surface area contributed by atoms with Gasteiger partial charge in [-0.15, -0.1) is 0 Å². The molecule has 0 spiro atoms. The van der Waals surface area contributed by atoms with E-state index in [1.54, 1.807) is 43.6 Å². The summed E-state index contributed by atoms with van der Waals surface area (Å²) >= 11 is 0. The molecule has 126 valence electrons. The van der Waals surface area contributed by atoms with Gasteiger partial charge in [-0.05, 0) is 41.5 Å². The van der Waals surface area contributed by atoms with Crippen molar-refractivity contribution >= 4 is 5.97 Å². The number of rotatable bonds is 6. The molecule has 0 bridgehead atoms. The van der Waals surface area contributed by atoms with Gasteiger partial charge in [0.25, 0.3) is 0 Å². The first-order valence-corrected chi connectivity index (χ1v) is 7.73. The molecular formula is C20H17NO4. The minimum absolute atomic E-state index is 0.0330. The Morgan fingerprint density at radius 2 is 1.76 bits per heavy atom. The summed E-state index contributed by atoms with van der Waals surface area (Å²) in [6, 6.07) is 18.4. The number of benzene rings is 2. The molecule has 2 aromatic carbocycles. The van der Waals surface area contributed by atoms with Crippen molar-refractivity contribution < 1.29 is 19.4 Å². The Labute approximate surface area is 145 Å². The molecule has 3 aromatic rings. The maximum Gasteiger partial charge on any atom is 0.307 e. The van der Waals surface area contributed by atoms with Crippen molar-refractivity contribution in [1.29, 1.82) is 0 Å². The quantitative estimate of drug-likeness (QED) is 0.732. The van der Waals surface area contributed by atoms with Crippen molar-refractivity contribution in [3.63, 3.8) is 0 Å². The molecule has 0 amide bonds. The van der Waals surface area contributed by atoms with Crippen LogP contribution < -0.4 is 9.47 Å². The Morgan fingerprint density at radius 1 is 1.00 bits per heavy atom. The molecule has 1 N–H and O–H groups in total. The van der Waals surface area contributed by atoms with Gasteiger partial charge in [0.2, 0.25) is 5.88 Å². The minimum Gasteiger partial charge on any atom is -0.481 e. The highest BCUT2D eigenvalue weighted by atomic mass is 16.5. The number of hydrogen-bond acceptors (Lipinski definition) is 4. The van der Waals surface area contributed by atoms with Crippen LogP contribution in [0.5, 0.6) is 17.4 Å². The third-order valence-corrected chi connectivity index (χ3v) is 3.60. The van der Waals surface area contributed by atoms with Crippen molar-refractivity contribution in [3.05, 3.63) is 72.4 Å². The third-order valence-electron chi connectivity index (χ3n) is 3.60. The van der Waals surface area contributed by atoms with Gasteiger partial charge in [0, 0.05) is 17.8 Å². The van der Waals surface area contributed by atoms with Gasteiger partial charge in [0.1, 0.15) is 11.5 Å². The molecule has 0 fully saturated rings. The first-order valence-electron chi connectivity index (χ1n) is 7.73. The fourth-order valence-electron chi connectivity index (χ4n) is 2.44. The number of carboxylic acid groups (broad SMARTS) is 1. The topological polar surface area (TPSA) is 68.7 Å². The van der Waals surface area contributed by atoms with Gasteiger partial charge in [-0.25, -0.2) is 4.98 Å². The lowest BCUT2D eigenvalue weighted by molar-refractivity contribution is -0.136. The van der Waals surface area contributed by atoms with Crippen LogP contribution in [0.2, 0.25) is 0 Å². The lowest BCUT2D eigenvalue weighted by Crippen LogP contribution is -1.99. The van der Waals surface area contributed by atoms with E-state index in [0.717, 1.165) is 11.1 Å². The van der Waals surface area contributed by atoms with Gasteiger partial charge < -0.3 is 14.6 Å². The average Bonchev–Trinajstić information content (AvgIpc) is 2.62. The van der Waals surface area contributed by atoms with Crippen LogP contribution in [0.4, 0.5) is 0 Å². The van der Waals surface area contributed by atoms with Gasteiger partial charge in [0.15, 0.2) is 0 Å². The highest BCUT2D eigenvalue weighted by Crippen LogP contribution is 2.28. The Hall–Kier alpha value is -3.34. The molecule has 0 saturated carbocycles. The number of nitrogens with zero attached hydrogens (tertiary/aromatic N) is 1. The molecule has 0 aliphatic rings. The molecule has 25 heavy (non-hydrogen) atoms. The number of carbonyl (C=O) groups is 1. The van der Waals surface area contributed by atoms with Crippen molar-refractivity contribution in [1.82, 2.24) is 4.98 Å². The standard InChI is InChI=1S/C20H17NO4/c1-24-19-9-8-16(13-21-19)15-5-3-7-18(12-15)25-17-6-2-4-14(10-17)11-20(22)23/h2-10,12-13H,11H2,1H3,(H,22,23). The Morgan fingerprint density at radius 3 is 2.44 bits per heavy atom. The van der Waals surface area contributed by atoms with E-state index in [0.29, 0.717) is 22.9 Å². The first kappa shape index (κ1) is 16.5. The van der Waals surface area contributed by atoms with E-state index in [1.165, 1.54) is 0 Å². The number of carboxylic acids is 1. The molecule has 0 unspecified atom stereocenters. The van der Waals surface area contributed by atoms with E-state index < -0.39 is 5.97 Å². The number of hydrogen-bond donors (Lipinski definition) is 1. The molecule has 1 aromatic heterocycles. The number of pyridine rings is 1. The summed E-state index contributed by atoms with van der Waals surface area (Å²) in [6.07, 6.45) is 1.71. The second-order valence-electron chi connectivity index (χ2n) is 5.44. The fourth-order valence-corrected chi connectivity index (χ4v) is 2.44. The second kappa shape index (κ2) is 7.49. The molecule has 0 aliphatic heterocycles. The summed E-state index contributed by atoms with van der Waals surface area (Å²) in [5.74, 6) is 0.960. The first-order chi connectivity index (χ1) is 12.1. The molecule has 0 radical (unpaired) electrons. The monoisotopic (exact) mass is 335 g/mol. The normalized spacial score (nSPS) is 10.3. The number of methoxy groups -OCH3 is 1. The summed E-state index contributed by atoms with van der Waals surface area (Å²) in [7, 11) is 1.58. The van der Waals surface area contributed by atoms with Crippen LogP contribution in [0.1, 0.15) is 5.56 Å². The van der Waals surface area contributed by atoms with Gasteiger partial charge in [0.05, 0.1) is 13.5 Å². The molecule has 3 rings (SSSR count). The molecule has 0 aliphatic carbocycles. The van der Waals surface area contributed by atoms with Crippen LogP contribution >= 0.6 is 0 Å². The van der Waals surface area contributed by atoms with Crippen LogP contribution in [0, 0.1) is 0 Å². The van der Waals surface area contributed by atoms with Crippen molar-refractivity contribution in [2.45, 2.75) is 6.42 Å². The van der Waals surface area contributed by atoms with Crippen LogP contribution in [0.3, 0.4) is 0 Å². The Balaban J connectivity index is 1.80. The molecule has 1 heterocycles. The summed E-state index contributed by atoms with van der Waals surface area (Å²) in [6.45, 7) is 0. The zero-order valence-corrected chi connectivity index (χ0v) is 13.7. The van der Waals surface area contributed by atoms with Crippen LogP contribution in [-0.2, 0) is 11.2 Å². The van der Waals surface area contributed by atoms with Crippen molar-refractivity contribution in [2.24, 2.45) is 0 Å². The Kier molecular flexibility index (Phi) is 4.95. The number of ether oxygens (including phenoxy) is 2. The smallest absolute Gasteiger partial charge is 0.307 e. The van der Waals surface area contributed by atoms with E-state index in [1.807, 2.05) is 30.3 Å². The predicted molar refractivity (Wildman–Crippen MR) is 94.1 cm³/mol. The fraction of sp³-hybridized carbons (Fsp3) is 0.100. The average molecular weight is 335 g/mol. The maximum atomic E-state index is 10.8. The SMILES string of the molecule is COc1ccc(-c2cccc(Oc3cccc(CC(=O)O)c3)c2)cn1. The molecular weight excluding hydrogens is 318 g/mol. The van der Waals surface area contributed by atoms with E-state index in [-0.39, 0.29) is 6.42 Å². The van der Waals surface area contributed by atoms with Gasteiger partial charge in [-0.2, -0.15) is 0 Å². The second-order valence-corrected chi connectivity index (χ2v) is 5.44. The van der Waals surface area contributed by atoms with E-state index in [9.17, 15) is 4.79 Å². The Bertz CT molecular complexity index is 875. The van der Waals surface area contributed by atoms with Crippen LogP contribution in [-0.4, -0.2) is 23.2 Å². The van der Waals surface area contributed by atoms with Gasteiger partial charge in [-0.3, -0.25) is 4.79 Å². The molecule has 0 atom stereocenters. The zero-order valence-electron chi connectivity index (χ0n) is 13.7. The summed E-state index contributed by atoms with van der Waals surface area (Å²) in [5, 5.41) is 8.89. The zero-order chi connectivity index (χ0) is 17.6. The van der Waals surface area contributed by atoms with E-state index in [2.05, 4.69) is 4.98 Å². The van der Waals surface area contributed by atoms with Crippen molar-refractivity contribution in [2.75, 3.05) is 7.11 Å². The lowest BCUT2D eigenvalue weighted by Gasteiger charge is -2.09. The maximum absolute atomic E-state index is 10.8. The van der Waals surface area contributed by atoms with Gasteiger partial charge >= 0.3 is 5.97 Å². The molecule has 5 nitrogen and oxygen atoms in total. The minimum atomic E-state index is -0.869. The summed E-state index contributed by atoms with van der Waals surface area (Å²) in [5.41, 5.74) is 2.61. The van der Waals surface area contributed by atoms with Crippen LogP contribution in [0.25, 0.3) is 11.1 Å². The summed E-state index contributed by atoms with van der Waals surface area (Å²) in [4.78, 5) is 15.0. The summed E-state index contributed by atoms with van der Waals surface area (Å²) < 4.78 is 10.9. The van der Waals surface area contributed by atoms with Crippen molar-refractivity contribution in [3.8, 4) is 28.5 Å². The number of aliphatic carboxylic acids is 1. The highest BCUT2D eigenvalue weighted by molar-refractivity contribution is 5.70. The highest BCUT2D eigenvalue weighted by Gasteiger charge is 2.05. The van der Waals surface area contributed by atoms with Crippen LogP contribution in [0.15, 0.2) is 66.9 Å². The predicted octanol–water partition coefficient (Wildman–Crippen LogP) is 4.18.